The van der Waals surface area contributed by atoms with Crippen LogP contribution < -0.4 is 4.90 Å². The number of carbonyl (C=O) groups excluding carboxylic acids is 1. The highest BCUT2D eigenvalue weighted by Crippen LogP contribution is 2.32. The highest BCUT2D eigenvalue weighted by Gasteiger charge is 2.34. The Balaban J connectivity index is 1.92. The van der Waals surface area contributed by atoms with Crippen LogP contribution in [0.4, 0.5) is 5.69 Å². The van der Waals surface area contributed by atoms with Crippen molar-refractivity contribution in [3.8, 4) is 0 Å². The fraction of sp³-hybridized carbons (Fsp3) is 0.588. The second-order valence-corrected chi connectivity index (χ2v) is 7.28. The molecule has 3 nitrogen and oxygen atoms in total. The summed E-state index contributed by atoms with van der Waals surface area (Å²) in [6, 6.07) is 7.11. The van der Waals surface area contributed by atoms with E-state index in [4.69, 9.17) is 0 Å². The topological polar surface area (TPSA) is 23.6 Å². The molecule has 2 fully saturated rings. The van der Waals surface area contributed by atoms with Gasteiger partial charge in [0.25, 0.3) is 0 Å². The molecule has 114 valence electrons. The first-order valence-electron chi connectivity index (χ1n) is 7.87. The summed E-state index contributed by atoms with van der Waals surface area (Å²) in [5, 5.41) is 0. The van der Waals surface area contributed by atoms with Crippen molar-refractivity contribution in [2.24, 2.45) is 0 Å². The molecule has 2 aliphatic rings. The molecule has 0 saturated carbocycles. The third kappa shape index (κ3) is 3.02. The lowest BCUT2D eigenvalue weighted by Crippen LogP contribution is -2.59. The summed E-state index contributed by atoms with van der Waals surface area (Å²) in [4.78, 5) is 17.0. The van der Waals surface area contributed by atoms with Crippen LogP contribution in [0, 0.1) is 0 Å². The van der Waals surface area contributed by atoms with Gasteiger partial charge in [-0.05, 0) is 51.4 Å². The Kier molecular flexibility index (Phi) is 4.36. The third-order valence-electron chi connectivity index (χ3n) is 4.84. The number of hydrogen-bond donors (Lipinski definition) is 0. The fourth-order valence-corrected chi connectivity index (χ4v) is 4.08. The molecule has 0 aliphatic carbocycles. The van der Waals surface area contributed by atoms with Crippen molar-refractivity contribution >= 4 is 27.4 Å². The van der Waals surface area contributed by atoms with Gasteiger partial charge < -0.3 is 4.90 Å². The second-order valence-electron chi connectivity index (χ2n) is 6.36. The summed E-state index contributed by atoms with van der Waals surface area (Å²) in [7, 11) is 0. The maximum atomic E-state index is 12.0. The van der Waals surface area contributed by atoms with E-state index in [2.05, 4.69) is 38.7 Å². The van der Waals surface area contributed by atoms with Crippen LogP contribution in [-0.4, -0.2) is 42.4 Å². The number of nitrogens with zero attached hydrogens (tertiary/aromatic N) is 2. The van der Waals surface area contributed by atoms with Gasteiger partial charge >= 0.3 is 0 Å². The lowest BCUT2D eigenvalue weighted by Gasteiger charge is -2.48. The molecule has 2 aliphatic heterocycles. The number of benzene rings is 1. The average molecular weight is 351 g/mol. The normalized spacial score (nSPS) is 26.5. The predicted octanol–water partition coefficient (Wildman–Crippen LogP) is 3.71. The molecule has 0 amide bonds. The van der Waals surface area contributed by atoms with E-state index in [1.807, 2.05) is 12.1 Å². The van der Waals surface area contributed by atoms with Crippen LogP contribution in [-0.2, 0) is 0 Å². The Morgan fingerprint density at radius 2 is 2.10 bits per heavy atom. The highest BCUT2D eigenvalue weighted by molar-refractivity contribution is 9.10. The standard InChI is InChI=1S/C17H23BrN2O/c1-12-10-19-8-4-3-5-15(19)11-20(12)17-9-14(18)6-7-16(17)13(2)21/h6-7,9,12,15H,3-5,8,10-11H2,1-2H3. The molecule has 0 N–H and O–H groups in total. The predicted molar refractivity (Wildman–Crippen MR) is 90.2 cm³/mol. The summed E-state index contributed by atoms with van der Waals surface area (Å²) in [6.45, 7) is 7.32. The maximum absolute atomic E-state index is 12.0. The number of hydrogen-bond acceptors (Lipinski definition) is 3. The first-order chi connectivity index (χ1) is 10.1. The Hall–Kier alpha value is -0.870. The van der Waals surface area contributed by atoms with Gasteiger partial charge in [-0.1, -0.05) is 22.4 Å². The zero-order valence-corrected chi connectivity index (χ0v) is 14.4. The number of halogens is 1. The van der Waals surface area contributed by atoms with Gasteiger partial charge in [-0.15, -0.1) is 0 Å². The van der Waals surface area contributed by atoms with E-state index in [-0.39, 0.29) is 5.78 Å². The molecule has 21 heavy (non-hydrogen) atoms. The first kappa shape index (κ1) is 15.0. The minimum Gasteiger partial charge on any atom is -0.365 e. The monoisotopic (exact) mass is 350 g/mol. The molecule has 3 rings (SSSR count). The van der Waals surface area contributed by atoms with Crippen LogP contribution >= 0.6 is 15.9 Å². The van der Waals surface area contributed by atoms with Gasteiger partial charge in [0.05, 0.1) is 0 Å². The quantitative estimate of drug-likeness (QED) is 0.759. The van der Waals surface area contributed by atoms with Gasteiger partial charge in [0.2, 0.25) is 0 Å². The van der Waals surface area contributed by atoms with Gasteiger partial charge in [0, 0.05) is 40.9 Å². The smallest absolute Gasteiger partial charge is 0.161 e. The van der Waals surface area contributed by atoms with Crippen LogP contribution in [0.3, 0.4) is 0 Å². The maximum Gasteiger partial charge on any atom is 0.161 e. The molecular formula is C17H23BrN2O. The molecule has 0 spiro atoms. The fourth-order valence-electron chi connectivity index (χ4n) is 3.73. The van der Waals surface area contributed by atoms with Crippen molar-refractivity contribution in [2.45, 2.75) is 45.2 Å². The van der Waals surface area contributed by atoms with E-state index >= 15 is 0 Å². The van der Waals surface area contributed by atoms with Crippen LogP contribution in [0.2, 0.25) is 0 Å². The number of anilines is 1. The Bertz CT molecular complexity index is 546. The number of fused-ring (bicyclic) bond motifs is 1. The molecule has 0 radical (unpaired) electrons. The van der Waals surface area contributed by atoms with E-state index in [0.717, 1.165) is 28.8 Å². The molecule has 2 unspecified atom stereocenters. The van der Waals surface area contributed by atoms with E-state index in [1.54, 1.807) is 6.92 Å². The molecule has 0 aromatic heterocycles. The summed E-state index contributed by atoms with van der Waals surface area (Å²) in [5.74, 6) is 0.149. The average Bonchev–Trinajstić information content (AvgIpc) is 2.46. The number of piperazine rings is 1. The number of ketones is 1. The van der Waals surface area contributed by atoms with Gasteiger partial charge in [-0.2, -0.15) is 0 Å². The molecule has 4 heteroatoms. The molecular weight excluding hydrogens is 328 g/mol. The van der Waals surface area contributed by atoms with Crippen molar-refractivity contribution in [2.75, 3.05) is 24.5 Å². The Morgan fingerprint density at radius 1 is 1.29 bits per heavy atom. The molecule has 2 saturated heterocycles. The van der Waals surface area contributed by atoms with Crippen molar-refractivity contribution < 1.29 is 4.79 Å². The first-order valence-corrected chi connectivity index (χ1v) is 8.66. The van der Waals surface area contributed by atoms with Crippen LogP contribution in [0.5, 0.6) is 0 Å². The summed E-state index contributed by atoms with van der Waals surface area (Å²) >= 11 is 3.55. The van der Waals surface area contributed by atoms with Crippen molar-refractivity contribution in [1.82, 2.24) is 4.90 Å². The SMILES string of the molecule is CC(=O)c1ccc(Br)cc1N1CC2CCCCN2CC1C. The summed E-state index contributed by atoms with van der Waals surface area (Å²) in [6.07, 6.45) is 3.95. The summed E-state index contributed by atoms with van der Waals surface area (Å²) in [5.41, 5.74) is 1.93. The van der Waals surface area contributed by atoms with E-state index in [1.165, 1.54) is 25.8 Å². The van der Waals surface area contributed by atoms with Crippen LogP contribution in [0.15, 0.2) is 22.7 Å². The lowest BCUT2D eigenvalue weighted by molar-refractivity contribution is 0.101. The zero-order chi connectivity index (χ0) is 15.0. The zero-order valence-electron chi connectivity index (χ0n) is 12.8. The minimum atomic E-state index is 0.149. The number of carbonyl (C=O) groups is 1. The van der Waals surface area contributed by atoms with Gasteiger partial charge in [0.15, 0.2) is 5.78 Å². The Morgan fingerprint density at radius 3 is 2.86 bits per heavy atom. The number of piperidine rings is 1. The minimum absolute atomic E-state index is 0.149. The van der Waals surface area contributed by atoms with Gasteiger partial charge in [-0.25, -0.2) is 0 Å². The molecule has 1 aromatic rings. The number of rotatable bonds is 2. The van der Waals surface area contributed by atoms with E-state index < -0.39 is 0 Å². The summed E-state index contributed by atoms with van der Waals surface area (Å²) < 4.78 is 1.04. The molecule has 1 aromatic carbocycles. The van der Waals surface area contributed by atoms with E-state index in [9.17, 15) is 4.79 Å². The highest BCUT2D eigenvalue weighted by atomic mass is 79.9. The molecule has 2 heterocycles. The van der Waals surface area contributed by atoms with E-state index in [0.29, 0.717) is 12.1 Å². The Labute approximate surface area is 135 Å². The molecule has 2 atom stereocenters. The lowest BCUT2D eigenvalue weighted by atomic mass is 9.95. The van der Waals surface area contributed by atoms with Crippen molar-refractivity contribution in [3.63, 3.8) is 0 Å². The van der Waals surface area contributed by atoms with Gasteiger partial charge in [0.1, 0.15) is 0 Å². The molecule has 0 bridgehead atoms. The van der Waals surface area contributed by atoms with Crippen LogP contribution in [0.25, 0.3) is 0 Å². The van der Waals surface area contributed by atoms with Crippen molar-refractivity contribution in [3.05, 3.63) is 28.2 Å². The largest absolute Gasteiger partial charge is 0.365 e. The van der Waals surface area contributed by atoms with Gasteiger partial charge in [-0.3, -0.25) is 9.69 Å². The van der Waals surface area contributed by atoms with Crippen molar-refractivity contribution in [1.29, 1.82) is 0 Å². The number of Topliss-reactive ketones (excluding diaryl/α,β-unsaturated/α-hetero) is 1. The van der Waals surface area contributed by atoms with Crippen LogP contribution in [0.1, 0.15) is 43.5 Å². The third-order valence-corrected chi connectivity index (χ3v) is 5.33. The second kappa shape index (κ2) is 6.09.